The second-order valence-corrected chi connectivity index (χ2v) is 11.1. The molecule has 0 aliphatic rings. The molecule has 6 nitrogen and oxygen atoms in total. The fraction of sp³-hybridized carbons (Fsp3) is 0.900. The van der Waals surface area contributed by atoms with Crippen molar-refractivity contribution in [3.05, 3.63) is 0 Å². The minimum atomic E-state index is -0.902. The van der Waals surface area contributed by atoms with Gasteiger partial charge in [0.05, 0.1) is 0 Å². The third-order valence-corrected chi connectivity index (χ3v) is 7.36. The Hall–Kier alpha value is -0.343. The van der Waals surface area contributed by atoms with Crippen molar-refractivity contribution in [3.8, 4) is 0 Å². The second-order valence-electron chi connectivity index (χ2n) is 11.1. The van der Waals surface area contributed by atoms with Crippen molar-refractivity contribution in [2.24, 2.45) is 16.2 Å². The molecule has 0 amide bonds. The summed E-state index contributed by atoms with van der Waals surface area (Å²) in [5.41, 5.74) is -1.79. The molecule has 0 N–H and O–H groups in total. The first-order chi connectivity index (χ1) is 16.7. The first-order valence-electron chi connectivity index (χ1n) is 14.3. The molecule has 0 fully saturated rings. The number of rotatable bonds is 18. The molecule has 0 saturated carbocycles. The summed E-state index contributed by atoms with van der Waals surface area (Å²) in [5, 5.41) is 32.3. The van der Waals surface area contributed by atoms with Crippen LogP contribution in [0, 0.1) is 53.6 Å². The fourth-order valence-electron chi connectivity index (χ4n) is 4.08. The van der Waals surface area contributed by atoms with E-state index in [9.17, 15) is 29.7 Å². The van der Waals surface area contributed by atoms with Gasteiger partial charge < -0.3 is 29.7 Å². The summed E-state index contributed by atoms with van der Waals surface area (Å²) in [4.78, 5) is 32.3. The zero-order valence-electron chi connectivity index (χ0n) is 25.3. The van der Waals surface area contributed by atoms with Crippen LogP contribution in [0.3, 0.4) is 0 Å². The Morgan fingerprint density at radius 2 is 0.757 bits per heavy atom. The van der Waals surface area contributed by atoms with Gasteiger partial charge in [-0.15, -0.1) is 0 Å². The van der Waals surface area contributed by atoms with Crippen molar-refractivity contribution < 1.29 is 67.0 Å². The van der Waals surface area contributed by atoms with E-state index in [0.29, 0.717) is 6.42 Å². The first kappa shape index (κ1) is 43.7. The van der Waals surface area contributed by atoms with Gasteiger partial charge in [-0.3, -0.25) is 0 Å². The van der Waals surface area contributed by atoms with E-state index in [1.54, 1.807) is 20.8 Å². The maximum absolute atomic E-state index is 10.8. The smallest absolute Gasteiger partial charge is 0.550 e. The van der Waals surface area contributed by atoms with Crippen molar-refractivity contribution >= 4 is 17.9 Å². The number of aliphatic carboxylic acids is 3. The van der Waals surface area contributed by atoms with Gasteiger partial charge in [0.2, 0.25) is 0 Å². The van der Waals surface area contributed by atoms with E-state index in [1.165, 1.54) is 0 Å². The molecule has 0 aliphatic carbocycles. The quantitative estimate of drug-likeness (QED) is 0.184. The molecule has 0 saturated heterocycles. The number of hydrogen-bond acceptors (Lipinski definition) is 6. The maximum atomic E-state index is 10.8. The van der Waals surface area contributed by atoms with Gasteiger partial charge >= 0.3 is 37.3 Å². The normalized spacial score (nSPS) is 15.2. The van der Waals surface area contributed by atoms with Crippen LogP contribution in [-0.4, -0.2) is 17.9 Å². The van der Waals surface area contributed by atoms with Crippen LogP contribution in [-0.2, 0) is 14.4 Å². The van der Waals surface area contributed by atoms with E-state index in [0.717, 1.165) is 89.9 Å². The molecular weight excluding hydrogens is 624 g/mol. The topological polar surface area (TPSA) is 120 Å². The van der Waals surface area contributed by atoms with Crippen LogP contribution in [0.15, 0.2) is 0 Å². The van der Waals surface area contributed by atoms with Gasteiger partial charge in [0.15, 0.2) is 0 Å². The monoisotopic (exact) mass is 679 g/mol. The summed E-state index contributed by atoms with van der Waals surface area (Å²) in [6.07, 6.45) is 13.5. The molecule has 0 bridgehead atoms. The molecular formula is C30H57ErO6. The standard InChI is InChI=1S/3C10H20O2.Er/c1-4-6-7-8-10(3,5-2)9(11)12;2*1-4-6-8-10(3,7-5-2)9(11)12;/h3*4-8H2,1-3H3,(H,11,12);/q;;;+3/p-3. The van der Waals surface area contributed by atoms with Crippen molar-refractivity contribution in [3.63, 3.8) is 0 Å². The third kappa shape index (κ3) is 20.3. The van der Waals surface area contributed by atoms with Gasteiger partial charge in [-0.1, -0.05) is 120 Å². The molecule has 0 heterocycles. The molecule has 0 aromatic rings. The van der Waals surface area contributed by atoms with E-state index in [1.807, 2.05) is 20.8 Å². The van der Waals surface area contributed by atoms with Crippen LogP contribution in [0.1, 0.15) is 159 Å². The third-order valence-electron chi connectivity index (χ3n) is 7.36. The minimum Gasteiger partial charge on any atom is -0.550 e. The molecule has 7 heteroatoms. The zero-order valence-corrected chi connectivity index (χ0v) is 27.2. The van der Waals surface area contributed by atoms with Crippen molar-refractivity contribution in [2.75, 3.05) is 0 Å². The number of carbonyl (C=O) groups is 3. The second kappa shape index (κ2) is 24.7. The summed E-state index contributed by atoms with van der Waals surface area (Å²) in [6, 6.07) is 0. The van der Waals surface area contributed by atoms with Gasteiger partial charge in [0, 0.05) is 34.2 Å². The van der Waals surface area contributed by atoms with Gasteiger partial charge in [-0.05, 0) is 38.5 Å². The Bertz CT molecular complexity index is 563. The van der Waals surface area contributed by atoms with E-state index in [2.05, 4.69) is 20.8 Å². The molecule has 0 aliphatic heterocycles. The van der Waals surface area contributed by atoms with E-state index in [4.69, 9.17) is 0 Å². The maximum Gasteiger partial charge on any atom is 3.00 e. The predicted octanol–water partition coefficient (Wildman–Crippen LogP) is 5.20. The van der Waals surface area contributed by atoms with Gasteiger partial charge in [0.25, 0.3) is 0 Å². The Balaban J connectivity index is -0.000000218. The zero-order chi connectivity index (χ0) is 28.8. The van der Waals surface area contributed by atoms with Crippen LogP contribution in [0.25, 0.3) is 0 Å². The largest absolute Gasteiger partial charge is 3.00 e. The average Bonchev–Trinajstić information content (AvgIpc) is 2.82. The first-order valence-corrected chi connectivity index (χ1v) is 14.3. The van der Waals surface area contributed by atoms with Crippen LogP contribution in [0.2, 0.25) is 0 Å². The SMILES string of the molecule is CCCCC(C)(CCC)C(=O)[O-].CCCCC(C)(CCC)C(=O)[O-].CCCCCC(C)(CC)C(=O)[O-].[Er+3]. The molecule has 0 rings (SSSR count). The molecule has 3 atom stereocenters. The Labute approximate surface area is 258 Å². The fourth-order valence-corrected chi connectivity index (χ4v) is 4.08. The molecule has 225 valence electrons. The van der Waals surface area contributed by atoms with Crippen molar-refractivity contribution in [2.45, 2.75) is 159 Å². The molecule has 37 heavy (non-hydrogen) atoms. The number of carbonyl (C=O) groups excluding carboxylic acids is 3. The van der Waals surface area contributed by atoms with Gasteiger partial charge in [0.1, 0.15) is 0 Å². The molecule has 3 unspecified atom stereocenters. The van der Waals surface area contributed by atoms with E-state index < -0.39 is 34.2 Å². The van der Waals surface area contributed by atoms with Crippen molar-refractivity contribution in [1.29, 1.82) is 0 Å². The van der Waals surface area contributed by atoms with Crippen LogP contribution >= 0.6 is 0 Å². The number of hydrogen-bond donors (Lipinski definition) is 0. The van der Waals surface area contributed by atoms with Crippen LogP contribution in [0.5, 0.6) is 0 Å². The Kier molecular flexibility index (Phi) is 29.1. The summed E-state index contributed by atoms with van der Waals surface area (Å²) < 4.78 is 0. The summed E-state index contributed by atoms with van der Waals surface area (Å²) >= 11 is 0. The molecule has 0 aromatic heterocycles. The molecule has 0 spiro atoms. The Morgan fingerprint density at radius 1 is 0.459 bits per heavy atom. The number of unbranched alkanes of at least 4 members (excludes halogenated alkanes) is 4. The minimum absolute atomic E-state index is 0. The average molecular weight is 681 g/mol. The van der Waals surface area contributed by atoms with Gasteiger partial charge in [-0.2, -0.15) is 0 Å². The number of carboxylic acids is 3. The van der Waals surface area contributed by atoms with Crippen molar-refractivity contribution in [1.82, 2.24) is 0 Å². The predicted molar refractivity (Wildman–Crippen MR) is 143 cm³/mol. The summed E-state index contributed by atoms with van der Waals surface area (Å²) in [5.74, 6) is -2.68. The molecule has 0 aromatic carbocycles. The summed E-state index contributed by atoms with van der Waals surface area (Å²) in [7, 11) is 0. The Morgan fingerprint density at radius 3 is 0.973 bits per heavy atom. The van der Waals surface area contributed by atoms with E-state index in [-0.39, 0.29) is 37.3 Å². The van der Waals surface area contributed by atoms with Gasteiger partial charge in [-0.25, -0.2) is 0 Å². The molecule has 1 radical (unpaired) electrons. The van der Waals surface area contributed by atoms with Crippen LogP contribution in [0.4, 0.5) is 0 Å². The van der Waals surface area contributed by atoms with E-state index >= 15 is 0 Å². The van der Waals surface area contributed by atoms with Crippen LogP contribution < -0.4 is 15.3 Å². The number of carboxylic acid groups (broad SMARTS) is 3. The summed E-state index contributed by atoms with van der Waals surface area (Å²) in [6.45, 7) is 17.5.